The van der Waals surface area contributed by atoms with Crippen molar-refractivity contribution in [2.24, 2.45) is 0 Å². The molecule has 0 spiro atoms. The van der Waals surface area contributed by atoms with Crippen LogP contribution >= 0.6 is 0 Å². The average molecular weight is 277 g/mol. The molecule has 1 aliphatic rings. The van der Waals surface area contributed by atoms with Gasteiger partial charge in [-0.25, -0.2) is 0 Å². The Hall–Kier alpha value is -1.06. The van der Waals surface area contributed by atoms with Gasteiger partial charge < -0.3 is 14.8 Å². The summed E-state index contributed by atoms with van der Waals surface area (Å²) in [6, 6.07) is 6.67. The van der Waals surface area contributed by atoms with E-state index >= 15 is 0 Å². The van der Waals surface area contributed by atoms with E-state index in [1.54, 1.807) is 7.11 Å². The molecular weight excluding hydrogens is 250 g/mol. The Kier molecular flexibility index (Phi) is 5.86. The highest BCUT2D eigenvalue weighted by Crippen LogP contribution is 2.35. The van der Waals surface area contributed by atoms with Crippen molar-refractivity contribution in [1.29, 1.82) is 0 Å². The Bertz CT molecular complexity index is 419. The number of hydrogen-bond acceptors (Lipinski definition) is 3. The predicted octanol–water partition coefficient (Wildman–Crippen LogP) is 3.48. The van der Waals surface area contributed by atoms with Crippen LogP contribution in [0.25, 0.3) is 0 Å². The molecule has 0 saturated heterocycles. The lowest BCUT2D eigenvalue weighted by atomic mass is 10.1. The van der Waals surface area contributed by atoms with E-state index in [0.29, 0.717) is 6.04 Å². The fourth-order valence-electron chi connectivity index (χ4n) is 2.91. The van der Waals surface area contributed by atoms with E-state index in [-0.39, 0.29) is 6.10 Å². The topological polar surface area (TPSA) is 30.5 Å². The van der Waals surface area contributed by atoms with Gasteiger partial charge in [0.2, 0.25) is 0 Å². The quantitative estimate of drug-likeness (QED) is 0.738. The normalized spacial score (nSPS) is 20.9. The Balaban J connectivity index is 2.04. The molecule has 0 saturated carbocycles. The number of methoxy groups -OCH3 is 1. The second kappa shape index (κ2) is 7.65. The maximum absolute atomic E-state index is 6.12. The molecular formula is C17H27NO2. The first kappa shape index (κ1) is 15.3. The van der Waals surface area contributed by atoms with Crippen molar-refractivity contribution in [1.82, 2.24) is 5.32 Å². The third-order valence-electron chi connectivity index (χ3n) is 3.98. The van der Waals surface area contributed by atoms with Gasteiger partial charge in [-0.2, -0.15) is 0 Å². The molecule has 0 fully saturated rings. The minimum absolute atomic E-state index is 0.258. The van der Waals surface area contributed by atoms with Crippen LogP contribution in [0.15, 0.2) is 18.2 Å². The van der Waals surface area contributed by atoms with E-state index in [4.69, 9.17) is 9.47 Å². The van der Waals surface area contributed by atoms with Gasteiger partial charge in [-0.05, 0) is 36.2 Å². The monoisotopic (exact) mass is 277 g/mol. The van der Waals surface area contributed by atoms with Crippen LogP contribution in [0.4, 0.5) is 0 Å². The van der Waals surface area contributed by atoms with Crippen LogP contribution in [0, 0.1) is 0 Å². The molecule has 2 atom stereocenters. The molecule has 2 rings (SSSR count). The molecule has 1 aliphatic carbocycles. The first-order valence-corrected chi connectivity index (χ1v) is 7.82. The molecule has 20 heavy (non-hydrogen) atoms. The molecule has 0 aromatic heterocycles. The number of benzene rings is 1. The van der Waals surface area contributed by atoms with Crippen LogP contribution in [-0.2, 0) is 11.2 Å². The smallest absolute Gasteiger partial charge is 0.119 e. The number of ether oxygens (including phenoxy) is 2. The number of rotatable bonds is 8. The fraction of sp³-hybridized carbons (Fsp3) is 0.647. The van der Waals surface area contributed by atoms with Crippen LogP contribution in [0.3, 0.4) is 0 Å². The summed E-state index contributed by atoms with van der Waals surface area (Å²) < 4.78 is 11.5. The van der Waals surface area contributed by atoms with Gasteiger partial charge in [0, 0.05) is 13.0 Å². The maximum Gasteiger partial charge on any atom is 0.119 e. The zero-order valence-electron chi connectivity index (χ0n) is 12.9. The van der Waals surface area contributed by atoms with Crippen molar-refractivity contribution in [3.05, 3.63) is 29.3 Å². The molecule has 3 heteroatoms. The molecule has 1 aromatic carbocycles. The fourth-order valence-corrected chi connectivity index (χ4v) is 2.91. The second-order valence-electron chi connectivity index (χ2n) is 5.42. The summed E-state index contributed by atoms with van der Waals surface area (Å²) in [6.45, 7) is 6.19. The Morgan fingerprint density at radius 3 is 2.80 bits per heavy atom. The molecule has 112 valence electrons. The summed E-state index contributed by atoms with van der Waals surface area (Å²) in [7, 11) is 1.72. The summed E-state index contributed by atoms with van der Waals surface area (Å²) in [5.74, 6) is 0.929. The SMILES string of the molecule is CCCCCOC1Cc2ccc(OC)cc2C1NCC. The van der Waals surface area contributed by atoms with Crippen molar-refractivity contribution in [2.45, 2.75) is 51.7 Å². The van der Waals surface area contributed by atoms with E-state index in [1.807, 2.05) is 6.07 Å². The summed E-state index contributed by atoms with van der Waals surface area (Å²) in [6.07, 6.45) is 4.91. The third-order valence-corrected chi connectivity index (χ3v) is 3.98. The van der Waals surface area contributed by atoms with Gasteiger partial charge in [0.25, 0.3) is 0 Å². The lowest BCUT2D eigenvalue weighted by Crippen LogP contribution is -2.31. The summed E-state index contributed by atoms with van der Waals surface area (Å²) in [4.78, 5) is 0. The molecule has 0 bridgehead atoms. The highest BCUT2D eigenvalue weighted by molar-refractivity contribution is 5.42. The summed E-state index contributed by atoms with van der Waals surface area (Å²) >= 11 is 0. The molecule has 2 unspecified atom stereocenters. The van der Waals surface area contributed by atoms with Gasteiger partial charge in [-0.1, -0.05) is 32.8 Å². The Morgan fingerprint density at radius 2 is 2.10 bits per heavy atom. The van der Waals surface area contributed by atoms with Crippen molar-refractivity contribution in [3.8, 4) is 5.75 Å². The van der Waals surface area contributed by atoms with Gasteiger partial charge in [0.05, 0.1) is 19.3 Å². The zero-order chi connectivity index (χ0) is 14.4. The molecule has 0 heterocycles. The highest BCUT2D eigenvalue weighted by Gasteiger charge is 2.32. The zero-order valence-corrected chi connectivity index (χ0v) is 12.9. The van der Waals surface area contributed by atoms with Gasteiger partial charge in [0.15, 0.2) is 0 Å². The first-order chi connectivity index (χ1) is 9.80. The second-order valence-corrected chi connectivity index (χ2v) is 5.42. The van der Waals surface area contributed by atoms with E-state index < -0.39 is 0 Å². The van der Waals surface area contributed by atoms with Gasteiger partial charge in [-0.15, -0.1) is 0 Å². The van der Waals surface area contributed by atoms with Gasteiger partial charge in [-0.3, -0.25) is 0 Å². The van der Waals surface area contributed by atoms with Crippen molar-refractivity contribution in [2.75, 3.05) is 20.3 Å². The number of hydrogen-bond donors (Lipinski definition) is 1. The van der Waals surface area contributed by atoms with E-state index in [1.165, 1.54) is 24.0 Å². The Morgan fingerprint density at radius 1 is 1.25 bits per heavy atom. The maximum atomic E-state index is 6.12. The summed E-state index contributed by atoms with van der Waals surface area (Å²) in [5.41, 5.74) is 2.73. The van der Waals surface area contributed by atoms with E-state index in [9.17, 15) is 0 Å². The van der Waals surface area contributed by atoms with Gasteiger partial charge in [0.1, 0.15) is 5.75 Å². The number of likely N-dealkylation sites (N-methyl/N-ethyl adjacent to an activating group) is 1. The highest BCUT2D eigenvalue weighted by atomic mass is 16.5. The van der Waals surface area contributed by atoms with Crippen LogP contribution in [0.2, 0.25) is 0 Å². The lowest BCUT2D eigenvalue weighted by molar-refractivity contribution is 0.0329. The average Bonchev–Trinajstić information content (AvgIpc) is 2.81. The van der Waals surface area contributed by atoms with Gasteiger partial charge >= 0.3 is 0 Å². The molecule has 1 N–H and O–H groups in total. The van der Waals surface area contributed by atoms with Crippen LogP contribution in [0.1, 0.15) is 50.3 Å². The number of nitrogens with one attached hydrogen (secondary N) is 1. The van der Waals surface area contributed by atoms with Crippen LogP contribution in [0.5, 0.6) is 5.75 Å². The molecule has 3 nitrogen and oxygen atoms in total. The minimum atomic E-state index is 0.258. The summed E-state index contributed by atoms with van der Waals surface area (Å²) in [5, 5.41) is 3.56. The van der Waals surface area contributed by atoms with Crippen LogP contribution < -0.4 is 10.1 Å². The first-order valence-electron chi connectivity index (χ1n) is 7.82. The largest absolute Gasteiger partial charge is 0.497 e. The lowest BCUT2D eigenvalue weighted by Gasteiger charge is -2.22. The van der Waals surface area contributed by atoms with E-state index in [2.05, 4.69) is 31.3 Å². The number of unbranched alkanes of at least 4 members (excludes halogenated alkanes) is 2. The van der Waals surface area contributed by atoms with Crippen LogP contribution in [-0.4, -0.2) is 26.4 Å². The standard InChI is InChI=1S/C17H27NO2/c1-4-6-7-10-20-16-11-13-8-9-14(19-3)12-15(13)17(16)18-5-2/h8-9,12,16-18H,4-7,10-11H2,1-3H3. The van der Waals surface area contributed by atoms with E-state index in [0.717, 1.165) is 31.7 Å². The molecule has 0 radical (unpaired) electrons. The van der Waals surface area contributed by atoms with Crippen molar-refractivity contribution < 1.29 is 9.47 Å². The predicted molar refractivity (Wildman–Crippen MR) is 82.4 cm³/mol. The molecule has 0 amide bonds. The minimum Gasteiger partial charge on any atom is -0.497 e. The Labute approximate surface area is 122 Å². The molecule has 1 aromatic rings. The number of fused-ring (bicyclic) bond motifs is 1. The molecule has 0 aliphatic heterocycles. The third kappa shape index (κ3) is 3.53. The van der Waals surface area contributed by atoms with Crippen molar-refractivity contribution in [3.63, 3.8) is 0 Å². The van der Waals surface area contributed by atoms with Crippen molar-refractivity contribution >= 4 is 0 Å².